The lowest BCUT2D eigenvalue weighted by Gasteiger charge is -2.17. The molecule has 21 heavy (non-hydrogen) atoms. The summed E-state index contributed by atoms with van der Waals surface area (Å²) in [6.07, 6.45) is 3.78. The summed E-state index contributed by atoms with van der Waals surface area (Å²) in [5.74, 6) is 0.920. The Bertz CT molecular complexity index is 621. The van der Waals surface area contributed by atoms with Crippen LogP contribution in [0.3, 0.4) is 0 Å². The minimum atomic E-state index is 0.299. The monoisotopic (exact) mass is 281 g/mol. The van der Waals surface area contributed by atoms with Crippen LogP contribution < -0.4 is 10.1 Å². The third-order valence-corrected chi connectivity index (χ3v) is 4.15. The first-order valence-electron chi connectivity index (χ1n) is 7.87. The van der Waals surface area contributed by atoms with Crippen LogP contribution in [0, 0.1) is 0 Å². The molecule has 2 aromatic rings. The Morgan fingerprint density at radius 2 is 1.95 bits per heavy atom. The van der Waals surface area contributed by atoms with Gasteiger partial charge in [0, 0.05) is 17.8 Å². The van der Waals surface area contributed by atoms with E-state index in [2.05, 4.69) is 42.6 Å². The molecular weight excluding hydrogens is 258 g/mol. The molecule has 0 fully saturated rings. The van der Waals surface area contributed by atoms with Crippen molar-refractivity contribution in [2.75, 3.05) is 11.9 Å². The van der Waals surface area contributed by atoms with Gasteiger partial charge < -0.3 is 10.1 Å². The molecule has 110 valence electrons. The van der Waals surface area contributed by atoms with Crippen molar-refractivity contribution in [3.63, 3.8) is 0 Å². The predicted octanol–water partition coefficient (Wildman–Crippen LogP) is 4.75. The molecule has 0 bridgehead atoms. The van der Waals surface area contributed by atoms with E-state index in [4.69, 9.17) is 4.74 Å². The Morgan fingerprint density at radius 3 is 2.81 bits per heavy atom. The van der Waals surface area contributed by atoms with Crippen LogP contribution >= 0.6 is 0 Å². The summed E-state index contributed by atoms with van der Waals surface area (Å²) in [4.78, 5) is 0. The fourth-order valence-corrected chi connectivity index (χ4v) is 3.04. The van der Waals surface area contributed by atoms with Gasteiger partial charge >= 0.3 is 0 Å². The van der Waals surface area contributed by atoms with Crippen LogP contribution in [0.4, 0.5) is 5.69 Å². The maximum absolute atomic E-state index is 5.55. The summed E-state index contributed by atoms with van der Waals surface area (Å²) in [5, 5.41) is 3.57. The van der Waals surface area contributed by atoms with Gasteiger partial charge in [0.25, 0.3) is 0 Å². The van der Waals surface area contributed by atoms with Crippen LogP contribution in [0.5, 0.6) is 5.75 Å². The number of nitrogens with one attached hydrogen (secondary N) is 1. The number of rotatable bonds is 5. The Kier molecular flexibility index (Phi) is 4.14. The van der Waals surface area contributed by atoms with Crippen LogP contribution in [-0.2, 0) is 12.8 Å². The van der Waals surface area contributed by atoms with E-state index >= 15 is 0 Å². The largest absolute Gasteiger partial charge is 0.494 e. The first-order valence-corrected chi connectivity index (χ1v) is 7.87. The SMILES string of the molecule is CCOc1cccc(NC(C)c2ccc3c(c2)CCC3)c1. The van der Waals surface area contributed by atoms with Crippen molar-refractivity contribution in [1.29, 1.82) is 0 Å². The molecular formula is C19H23NO. The minimum absolute atomic E-state index is 0.299. The number of hydrogen-bond acceptors (Lipinski definition) is 2. The van der Waals surface area contributed by atoms with Crippen LogP contribution in [-0.4, -0.2) is 6.61 Å². The van der Waals surface area contributed by atoms with E-state index in [0.717, 1.165) is 11.4 Å². The van der Waals surface area contributed by atoms with Crippen molar-refractivity contribution in [2.24, 2.45) is 0 Å². The molecule has 1 aliphatic carbocycles. The van der Waals surface area contributed by atoms with E-state index in [1.165, 1.54) is 36.0 Å². The number of anilines is 1. The molecule has 0 amide bonds. The molecule has 1 aliphatic rings. The lowest BCUT2D eigenvalue weighted by molar-refractivity contribution is 0.340. The maximum Gasteiger partial charge on any atom is 0.121 e. The highest BCUT2D eigenvalue weighted by molar-refractivity contribution is 5.50. The zero-order valence-electron chi connectivity index (χ0n) is 12.9. The van der Waals surface area contributed by atoms with Crippen molar-refractivity contribution in [1.82, 2.24) is 0 Å². The molecule has 3 rings (SSSR count). The Morgan fingerprint density at radius 1 is 1.10 bits per heavy atom. The zero-order valence-corrected chi connectivity index (χ0v) is 12.9. The van der Waals surface area contributed by atoms with Gasteiger partial charge in [-0.15, -0.1) is 0 Å². The average molecular weight is 281 g/mol. The van der Waals surface area contributed by atoms with Gasteiger partial charge in [-0.05, 0) is 61.9 Å². The quantitative estimate of drug-likeness (QED) is 0.854. The molecule has 1 unspecified atom stereocenters. The third kappa shape index (κ3) is 3.21. The maximum atomic E-state index is 5.55. The van der Waals surface area contributed by atoms with Gasteiger partial charge in [-0.3, -0.25) is 0 Å². The summed E-state index contributed by atoms with van der Waals surface area (Å²) >= 11 is 0. The van der Waals surface area contributed by atoms with E-state index in [1.807, 2.05) is 19.1 Å². The molecule has 0 radical (unpaired) electrons. The second kappa shape index (κ2) is 6.21. The average Bonchev–Trinajstić information content (AvgIpc) is 2.95. The van der Waals surface area contributed by atoms with Crippen LogP contribution in [0.15, 0.2) is 42.5 Å². The van der Waals surface area contributed by atoms with Gasteiger partial charge in [-0.2, -0.15) is 0 Å². The van der Waals surface area contributed by atoms with Crippen molar-refractivity contribution < 1.29 is 4.74 Å². The summed E-state index contributed by atoms with van der Waals surface area (Å²) in [7, 11) is 0. The van der Waals surface area contributed by atoms with Crippen molar-refractivity contribution in [3.8, 4) is 5.75 Å². The van der Waals surface area contributed by atoms with Gasteiger partial charge in [-0.1, -0.05) is 24.3 Å². The fourth-order valence-electron chi connectivity index (χ4n) is 3.04. The zero-order chi connectivity index (χ0) is 14.7. The lowest BCUT2D eigenvalue weighted by atomic mass is 10.0. The highest BCUT2D eigenvalue weighted by atomic mass is 16.5. The van der Waals surface area contributed by atoms with E-state index in [9.17, 15) is 0 Å². The van der Waals surface area contributed by atoms with E-state index < -0.39 is 0 Å². The first kappa shape index (κ1) is 14.0. The van der Waals surface area contributed by atoms with Crippen molar-refractivity contribution in [3.05, 3.63) is 59.2 Å². The molecule has 0 heterocycles. The number of benzene rings is 2. The Hall–Kier alpha value is -1.96. The Labute approximate surface area is 127 Å². The normalized spacial score (nSPS) is 14.6. The standard InChI is InChI=1S/C19H23NO/c1-3-21-19-9-5-8-18(13-19)20-14(2)16-11-10-15-6-4-7-17(15)12-16/h5,8-14,20H,3-4,6-7H2,1-2H3. The lowest BCUT2D eigenvalue weighted by Crippen LogP contribution is -2.07. The van der Waals surface area contributed by atoms with Crippen molar-refractivity contribution in [2.45, 2.75) is 39.2 Å². The molecule has 0 saturated carbocycles. The number of ether oxygens (including phenoxy) is 1. The molecule has 2 heteroatoms. The second-order valence-electron chi connectivity index (χ2n) is 5.71. The molecule has 0 aliphatic heterocycles. The van der Waals surface area contributed by atoms with Gasteiger partial charge in [0.2, 0.25) is 0 Å². The summed E-state index contributed by atoms with van der Waals surface area (Å²) < 4.78 is 5.55. The molecule has 0 saturated heterocycles. The molecule has 2 aromatic carbocycles. The molecule has 0 aromatic heterocycles. The number of fused-ring (bicyclic) bond motifs is 1. The van der Waals surface area contributed by atoms with Crippen molar-refractivity contribution >= 4 is 5.69 Å². The fraction of sp³-hybridized carbons (Fsp3) is 0.368. The third-order valence-electron chi connectivity index (χ3n) is 4.15. The smallest absolute Gasteiger partial charge is 0.121 e. The highest BCUT2D eigenvalue weighted by Gasteiger charge is 2.13. The van der Waals surface area contributed by atoms with E-state index in [0.29, 0.717) is 12.6 Å². The first-order chi connectivity index (χ1) is 10.3. The summed E-state index contributed by atoms with van der Waals surface area (Å²) in [6, 6.07) is 15.4. The highest BCUT2D eigenvalue weighted by Crippen LogP contribution is 2.27. The molecule has 1 N–H and O–H groups in total. The second-order valence-corrected chi connectivity index (χ2v) is 5.71. The van der Waals surface area contributed by atoms with Gasteiger partial charge in [0.15, 0.2) is 0 Å². The molecule has 0 spiro atoms. The number of hydrogen-bond donors (Lipinski definition) is 1. The minimum Gasteiger partial charge on any atom is -0.494 e. The summed E-state index contributed by atoms with van der Waals surface area (Å²) in [5.41, 5.74) is 5.53. The van der Waals surface area contributed by atoms with Crippen LogP contribution in [0.1, 0.15) is 43.0 Å². The summed E-state index contributed by atoms with van der Waals surface area (Å²) in [6.45, 7) is 4.92. The Balaban J connectivity index is 1.73. The number of aryl methyl sites for hydroxylation is 2. The topological polar surface area (TPSA) is 21.3 Å². The molecule has 1 atom stereocenters. The predicted molar refractivity (Wildman–Crippen MR) is 88.1 cm³/mol. The van der Waals surface area contributed by atoms with Gasteiger partial charge in [-0.25, -0.2) is 0 Å². The van der Waals surface area contributed by atoms with E-state index in [1.54, 1.807) is 0 Å². The van der Waals surface area contributed by atoms with Crippen LogP contribution in [0.25, 0.3) is 0 Å². The van der Waals surface area contributed by atoms with Gasteiger partial charge in [0.1, 0.15) is 5.75 Å². The van der Waals surface area contributed by atoms with E-state index in [-0.39, 0.29) is 0 Å². The molecule has 2 nitrogen and oxygen atoms in total. The van der Waals surface area contributed by atoms with Gasteiger partial charge in [0.05, 0.1) is 6.61 Å². The van der Waals surface area contributed by atoms with Crippen LogP contribution in [0.2, 0.25) is 0 Å².